The average molecular weight is 358 g/mol. The monoisotopic (exact) mass is 357 g/mol. The zero-order valence-electron chi connectivity index (χ0n) is 16.6. The van der Waals surface area contributed by atoms with Crippen LogP contribution in [0.1, 0.15) is 26.2 Å². The summed E-state index contributed by atoms with van der Waals surface area (Å²) in [6.07, 6.45) is 3.36. The molecule has 1 heterocycles. The van der Waals surface area contributed by atoms with Crippen LogP contribution >= 0.6 is 0 Å². The molecule has 0 amide bonds. The average Bonchev–Trinajstić information content (AvgIpc) is 2.82. The van der Waals surface area contributed by atoms with Crippen molar-refractivity contribution in [1.29, 1.82) is 0 Å². The largest absolute Gasteiger partial charge is 0.382 e. The highest BCUT2D eigenvalue weighted by Gasteiger charge is 2.11. The molecule has 1 fully saturated rings. The molecule has 0 atom stereocenters. The van der Waals surface area contributed by atoms with Crippen molar-refractivity contribution >= 4 is 5.96 Å². The molecule has 7 nitrogen and oxygen atoms in total. The third-order valence-corrected chi connectivity index (χ3v) is 4.25. The van der Waals surface area contributed by atoms with Crippen molar-refractivity contribution < 1.29 is 9.47 Å². The Morgan fingerprint density at radius 2 is 1.92 bits per heavy atom. The number of hydrogen-bond donors (Lipinski definition) is 2. The summed E-state index contributed by atoms with van der Waals surface area (Å²) >= 11 is 0. The second-order valence-corrected chi connectivity index (χ2v) is 6.50. The second-order valence-electron chi connectivity index (χ2n) is 6.50. The van der Waals surface area contributed by atoms with Crippen LogP contribution in [0.4, 0.5) is 0 Å². The molecular weight excluding hydrogens is 318 g/mol. The molecule has 0 aromatic rings. The Hall–Kier alpha value is -0.890. The third-order valence-electron chi connectivity index (χ3n) is 4.25. The van der Waals surface area contributed by atoms with E-state index in [9.17, 15) is 0 Å². The molecule has 1 saturated heterocycles. The molecule has 0 spiro atoms. The molecule has 25 heavy (non-hydrogen) atoms. The topological polar surface area (TPSA) is 61.4 Å². The molecule has 148 valence electrons. The predicted molar refractivity (Wildman–Crippen MR) is 104 cm³/mol. The van der Waals surface area contributed by atoms with Crippen LogP contribution in [0.2, 0.25) is 0 Å². The maximum Gasteiger partial charge on any atom is 0.191 e. The van der Waals surface area contributed by atoms with Crippen LogP contribution in [0.3, 0.4) is 0 Å². The Labute approximate surface area is 154 Å². The summed E-state index contributed by atoms with van der Waals surface area (Å²) in [5.41, 5.74) is 0. The van der Waals surface area contributed by atoms with Gasteiger partial charge in [0.25, 0.3) is 0 Å². The second kappa shape index (κ2) is 15.4. The van der Waals surface area contributed by atoms with E-state index >= 15 is 0 Å². The van der Waals surface area contributed by atoms with Gasteiger partial charge in [-0.05, 0) is 52.9 Å². The first-order valence-corrected chi connectivity index (χ1v) is 9.76. The van der Waals surface area contributed by atoms with E-state index in [1.807, 2.05) is 0 Å². The minimum absolute atomic E-state index is 0.654. The number of hydrogen-bond acceptors (Lipinski definition) is 5. The summed E-state index contributed by atoms with van der Waals surface area (Å²) in [6, 6.07) is 0. The van der Waals surface area contributed by atoms with Gasteiger partial charge in [-0.15, -0.1) is 0 Å². The van der Waals surface area contributed by atoms with E-state index in [0.717, 1.165) is 51.6 Å². The number of likely N-dealkylation sites (N-methyl/N-ethyl adjacent to an activating group) is 1. The smallest absolute Gasteiger partial charge is 0.191 e. The number of nitrogens with zero attached hydrogens (tertiary/aromatic N) is 3. The van der Waals surface area contributed by atoms with Crippen LogP contribution in [-0.2, 0) is 9.47 Å². The highest BCUT2D eigenvalue weighted by Crippen LogP contribution is 2.01. The lowest BCUT2D eigenvalue weighted by molar-refractivity contribution is 0.0702. The lowest BCUT2D eigenvalue weighted by atomic mass is 10.3. The van der Waals surface area contributed by atoms with Crippen LogP contribution in [0.25, 0.3) is 0 Å². The highest BCUT2D eigenvalue weighted by molar-refractivity contribution is 5.79. The van der Waals surface area contributed by atoms with Gasteiger partial charge < -0.3 is 29.9 Å². The first kappa shape index (κ1) is 22.2. The Balaban J connectivity index is 2.11. The van der Waals surface area contributed by atoms with E-state index in [2.05, 4.69) is 39.4 Å². The van der Waals surface area contributed by atoms with Crippen LogP contribution in [-0.4, -0.2) is 102 Å². The maximum absolute atomic E-state index is 5.46. The Bertz CT molecular complexity index is 341. The van der Waals surface area contributed by atoms with Crippen LogP contribution in [0.5, 0.6) is 0 Å². The molecule has 1 rings (SSSR count). The molecule has 7 heteroatoms. The van der Waals surface area contributed by atoms with Crippen molar-refractivity contribution in [3.8, 4) is 0 Å². The molecule has 2 N–H and O–H groups in total. The van der Waals surface area contributed by atoms with Gasteiger partial charge >= 0.3 is 0 Å². The number of nitrogens with one attached hydrogen (secondary N) is 2. The van der Waals surface area contributed by atoms with E-state index in [4.69, 9.17) is 9.47 Å². The molecule has 0 bridgehead atoms. The first-order chi connectivity index (χ1) is 12.3. The molecule has 0 aromatic heterocycles. The predicted octanol–water partition coefficient (Wildman–Crippen LogP) is 0.622. The molecule has 1 aliphatic heterocycles. The number of rotatable bonds is 12. The van der Waals surface area contributed by atoms with Crippen molar-refractivity contribution in [2.45, 2.75) is 26.2 Å². The van der Waals surface area contributed by atoms with Gasteiger partial charge in [-0.25, -0.2) is 0 Å². The van der Waals surface area contributed by atoms with Crippen LogP contribution < -0.4 is 10.6 Å². The molecule has 1 aliphatic rings. The SMILES string of the molecule is CCNC(=NCCCOCCOC)NCCCN1CCCN(C)CC1. The summed E-state index contributed by atoms with van der Waals surface area (Å²) in [6.45, 7) is 12.7. The quantitative estimate of drug-likeness (QED) is 0.303. The fourth-order valence-corrected chi connectivity index (χ4v) is 2.78. The van der Waals surface area contributed by atoms with Crippen LogP contribution in [0, 0.1) is 0 Å². The van der Waals surface area contributed by atoms with Gasteiger partial charge in [-0.2, -0.15) is 0 Å². The first-order valence-electron chi connectivity index (χ1n) is 9.76. The number of methoxy groups -OCH3 is 1. The van der Waals surface area contributed by atoms with Gasteiger partial charge in [-0.3, -0.25) is 4.99 Å². The lowest BCUT2D eigenvalue weighted by Crippen LogP contribution is -2.39. The van der Waals surface area contributed by atoms with Gasteiger partial charge in [0.1, 0.15) is 0 Å². The van der Waals surface area contributed by atoms with E-state index in [1.165, 1.54) is 32.6 Å². The minimum atomic E-state index is 0.654. The molecule has 0 aliphatic carbocycles. The Morgan fingerprint density at radius 1 is 1.04 bits per heavy atom. The van der Waals surface area contributed by atoms with Gasteiger partial charge in [0.15, 0.2) is 5.96 Å². The molecule has 0 radical (unpaired) electrons. The fourth-order valence-electron chi connectivity index (χ4n) is 2.78. The van der Waals surface area contributed by atoms with E-state index < -0.39 is 0 Å². The Kier molecular flexibility index (Phi) is 13.6. The van der Waals surface area contributed by atoms with Crippen molar-refractivity contribution in [1.82, 2.24) is 20.4 Å². The lowest BCUT2D eigenvalue weighted by Gasteiger charge is -2.20. The third kappa shape index (κ3) is 12.2. The zero-order chi connectivity index (χ0) is 18.2. The van der Waals surface area contributed by atoms with Crippen LogP contribution in [0.15, 0.2) is 4.99 Å². The zero-order valence-corrected chi connectivity index (χ0v) is 16.6. The van der Waals surface area contributed by atoms with E-state index in [-0.39, 0.29) is 0 Å². The standard InChI is InChI=1S/C18H39N5O2/c1-4-19-18(21-9-6-15-25-17-16-24-3)20-8-5-11-23-12-7-10-22(2)13-14-23/h4-17H2,1-3H3,(H2,19,20,21). The minimum Gasteiger partial charge on any atom is -0.382 e. The van der Waals surface area contributed by atoms with Crippen molar-refractivity contribution in [2.24, 2.45) is 4.99 Å². The maximum atomic E-state index is 5.46. The van der Waals surface area contributed by atoms with Gasteiger partial charge in [0, 0.05) is 46.4 Å². The normalized spacial score (nSPS) is 17.5. The van der Waals surface area contributed by atoms with E-state index in [0.29, 0.717) is 13.2 Å². The summed E-state index contributed by atoms with van der Waals surface area (Å²) in [5.74, 6) is 0.912. The number of guanidine groups is 1. The summed E-state index contributed by atoms with van der Waals surface area (Å²) < 4.78 is 10.4. The summed E-state index contributed by atoms with van der Waals surface area (Å²) in [7, 11) is 3.90. The molecule has 0 saturated carbocycles. The Morgan fingerprint density at radius 3 is 2.72 bits per heavy atom. The van der Waals surface area contributed by atoms with Crippen molar-refractivity contribution in [3.63, 3.8) is 0 Å². The van der Waals surface area contributed by atoms with Gasteiger partial charge in [-0.1, -0.05) is 0 Å². The highest BCUT2D eigenvalue weighted by atomic mass is 16.5. The van der Waals surface area contributed by atoms with Gasteiger partial charge in [0.05, 0.1) is 13.2 Å². The van der Waals surface area contributed by atoms with Crippen molar-refractivity contribution in [2.75, 3.05) is 86.3 Å². The summed E-state index contributed by atoms with van der Waals surface area (Å²) in [4.78, 5) is 9.60. The summed E-state index contributed by atoms with van der Waals surface area (Å²) in [5, 5.41) is 6.74. The molecular formula is C18H39N5O2. The number of ether oxygens (including phenoxy) is 2. The number of aliphatic imine (C=N–C) groups is 1. The van der Waals surface area contributed by atoms with E-state index in [1.54, 1.807) is 7.11 Å². The molecule has 0 aromatic carbocycles. The van der Waals surface area contributed by atoms with Gasteiger partial charge in [0.2, 0.25) is 0 Å². The molecule has 0 unspecified atom stereocenters. The van der Waals surface area contributed by atoms with Crippen molar-refractivity contribution in [3.05, 3.63) is 0 Å². The fraction of sp³-hybridized carbons (Fsp3) is 0.944.